The van der Waals surface area contributed by atoms with E-state index >= 15 is 0 Å². The summed E-state index contributed by atoms with van der Waals surface area (Å²) in [5, 5.41) is 23.0. The van der Waals surface area contributed by atoms with Gasteiger partial charge in [0.1, 0.15) is 0 Å². The largest absolute Gasteiger partial charge is 0.487 e. The molecular formula is C14H19N3O3. The van der Waals surface area contributed by atoms with Crippen molar-refractivity contribution >= 4 is 5.69 Å². The highest BCUT2D eigenvalue weighted by Crippen LogP contribution is 2.30. The molecule has 1 N–H and O–H groups in total. The van der Waals surface area contributed by atoms with Crippen molar-refractivity contribution in [2.45, 2.75) is 32.7 Å². The number of nitrogens with zero attached hydrogens (tertiary/aromatic N) is 2. The summed E-state index contributed by atoms with van der Waals surface area (Å²) in [6.45, 7) is 4.82. The highest BCUT2D eigenvalue weighted by molar-refractivity contribution is 5.51. The first kappa shape index (κ1) is 15.9. The van der Waals surface area contributed by atoms with Gasteiger partial charge in [-0.25, -0.2) is 0 Å². The number of benzene rings is 1. The standard InChI is InChI=1S/C14H19N3O3/c1-3-8-16-12(10-15)7-9-20-14-11(2)5-4-6-13(14)17(18)19/h4-6,12,16H,3,7-9H2,1-2H3. The average Bonchev–Trinajstić information content (AvgIpc) is 2.43. The van der Waals surface area contributed by atoms with Crippen molar-refractivity contribution in [2.75, 3.05) is 13.2 Å². The molecular weight excluding hydrogens is 258 g/mol. The van der Waals surface area contributed by atoms with Gasteiger partial charge in [-0.1, -0.05) is 19.1 Å². The molecule has 0 aliphatic carbocycles. The van der Waals surface area contributed by atoms with Crippen molar-refractivity contribution in [2.24, 2.45) is 0 Å². The zero-order valence-electron chi connectivity index (χ0n) is 11.8. The van der Waals surface area contributed by atoms with E-state index in [9.17, 15) is 10.1 Å². The number of nitriles is 1. The maximum atomic E-state index is 10.9. The quantitative estimate of drug-likeness (QED) is 0.582. The lowest BCUT2D eigenvalue weighted by atomic mass is 10.2. The van der Waals surface area contributed by atoms with E-state index in [-0.39, 0.29) is 24.1 Å². The van der Waals surface area contributed by atoms with Crippen molar-refractivity contribution in [1.29, 1.82) is 5.26 Å². The molecule has 0 bridgehead atoms. The molecule has 0 fully saturated rings. The molecule has 0 saturated heterocycles. The van der Waals surface area contributed by atoms with Crippen LogP contribution < -0.4 is 10.1 Å². The average molecular weight is 277 g/mol. The first-order valence-corrected chi connectivity index (χ1v) is 6.60. The number of nitrogens with one attached hydrogen (secondary N) is 1. The number of aryl methyl sites for hydroxylation is 1. The first-order valence-electron chi connectivity index (χ1n) is 6.60. The summed E-state index contributed by atoms with van der Waals surface area (Å²) in [6, 6.07) is 6.66. The number of hydrogen-bond donors (Lipinski definition) is 1. The number of nitro groups is 1. The second-order valence-corrected chi connectivity index (χ2v) is 4.45. The summed E-state index contributed by atoms with van der Waals surface area (Å²) in [5.41, 5.74) is 0.675. The normalized spacial score (nSPS) is 11.7. The summed E-state index contributed by atoms with van der Waals surface area (Å²) >= 11 is 0. The maximum absolute atomic E-state index is 10.9. The van der Waals surface area contributed by atoms with Crippen LogP contribution >= 0.6 is 0 Å². The van der Waals surface area contributed by atoms with Gasteiger partial charge in [-0.3, -0.25) is 10.1 Å². The number of rotatable bonds is 8. The van der Waals surface area contributed by atoms with Crippen LogP contribution in [0.1, 0.15) is 25.3 Å². The SMILES string of the molecule is CCCNC(C#N)CCOc1c(C)cccc1[N+](=O)[O-]. The Morgan fingerprint density at radius 3 is 2.90 bits per heavy atom. The highest BCUT2D eigenvalue weighted by Gasteiger charge is 2.17. The Labute approximate surface area is 118 Å². The molecule has 1 rings (SSSR count). The van der Waals surface area contributed by atoms with E-state index in [0.717, 1.165) is 13.0 Å². The van der Waals surface area contributed by atoms with Crippen LogP contribution in [0.3, 0.4) is 0 Å². The Morgan fingerprint density at radius 1 is 1.55 bits per heavy atom. The van der Waals surface area contributed by atoms with Gasteiger partial charge in [0.15, 0.2) is 5.75 Å². The van der Waals surface area contributed by atoms with E-state index in [2.05, 4.69) is 11.4 Å². The van der Waals surface area contributed by atoms with E-state index < -0.39 is 4.92 Å². The van der Waals surface area contributed by atoms with E-state index in [1.54, 1.807) is 19.1 Å². The molecule has 1 aromatic carbocycles. The minimum Gasteiger partial charge on any atom is -0.487 e. The summed E-state index contributed by atoms with van der Waals surface area (Å²) in [5.74, 6) is 0.282. The molecule has 20 heavy (non-hydrogen) atoms. The lowest BCUT2D eigenvalue weighted by Gasteiger charge is -2.13. The van der Waals surface area contributed by atoms with Gasteiger partial charge in [0.05, 0.1) is 23.6 Å². The number of para-hydroxylation sites is 1. The molecule has 0 heterocycles. The van der Waals surface area contributed by atoms with Crippen molar-refractivity contribution < 1.29 is 9.66 Å². The van der Waals surface area contributed by atoms with Crippen LogP contribution in [0.25, 0.3) is 0 Å². The van der Waals surface area contributed by atoms with Crippen LogP contribution in [-0.2, 0) is 0 Å². The van der Waals surface area contributed by atoms with E-state index in [0.29, 0.717) is 12.0 Å². The van der Waals surface area contributed by atoms with Crippen molar-refractivity contribution in [3.8, 4) is 11.8 Å². The molecule has 1 atom stereocenters. The zero-order chi connectivity index (χ0) is 15.0. The minimum atomic E-state index is -0.459. The fraction of sp³-hybridized carbons (Fsp3) is 0.500. The third-order valence-corrected chi connectivity index (χ3v) is 2.84. The van der Waals surface area contributed by atoms with E-state index in [1.165, 1.54) is 6.07 Å². The molecule has 0 amide bonds. The molecule has 6 heteroatoms. The van der Waals surface area contributed by atoms with Crippen LogP contribution in [-0.4, -0.2) is 24.1 Å². The molecule has 0 saturated carbocycles. The Kier molecular flexibility index (Phi) is 6.47. The predicted octanol–water partition coefficient (Wildman–Crippen LogP) is 2.56. The minimum absolute atomic E-state index is 0.0416. The summed E-state index contributed by atoms with van der Waals surface area (Å²) in [4.78, 5) is 10.5. The first-order chi connectivity index (χ1) is 9.60. The second-order valence-electron chi connectivity index (χ2n) is 4.45. The van der Waals surface area contributed by atoms with Crippen LogP contribution in [0, 0.1) is 28.4 Å². The van der Waals surface area contributed by atoms with Crippen LogP contribution in [0.2, 0.25) is 0 Å². The Morgan fingerprint density at radius 2 is 2.30 bits per heavy atom. The van der Waals surface area contributed by atoms with Gasteiger partial charge >= 0.3 is 5.69 Å². The second kappa shape index (κ2) is 8.12. The Hall–Kier alpha value is -2.13. The fourth-order valence-corrected chi connectivity index (χ4v) is 1.78. The number of nitro benzene ring substituents is 1. The van der Waals surface area contributed by atoms with Gasteiger partial charge in [0.2, 0.25) is 0 Å². The van der Waals surface area contributed by atoms with Gasteiger partial charge in [0.25, 0.3) is 0 Å². The smallest absolute Gasteiger partial charge is 0.311 e. The van der Waals surface area contributed by atoms with Crippen molar-refractivity contribution in [3.05, 3.63) is 33.9 Å². The molecule has 0 spiro atoms. The topological polar surface area (TPSA) is 88.2 Å². The van der Waals surface area contributed by atoms with Gasteiger partial charge in [-0.05, 0) is 25.5 Å². The van der Waals surface area contributed by atoms with E-state index in [1.807, 2.05) is 6.92 Å². The summed E-state index contributed by atoms with van der Waals surface area (Å²) in [6.07, 6.45) is 1.43. The number of ether oxygens (including phenoxy) is 1. The maximum Gasteiger partial charge on any atom is 0.311 e. The Bertz CT molecular complexity index is 497. The van der Waals surface area contributed by atoms with Crippen LogP contribution in [0.5, 0.6) is 5.75 Å². The molecule has 0 aliphatic rings. The van der Waals surface area contributed by atoms with Crippen molar-refractivity contribution in [1.82, 2.24) is 5.32 Å². The summed E-state index contributed by atoms with van der Waals surface area (Å²) < 4.78 is 5.51. The fourth-order valence-electron chi connectivity index (χ4n) is 1.78. The third-order valence-electron chi connectivity index (χ3n) is 2.84. The van der Waals surface area contributed by atoms with Crippen LogP contribution in [0.15, 0.2) is 18.2 Å². The van der Waals surface area contributed by atoms with Gasteiger partial charge in [0, 0.05) is 12.5 Å². The molecule has 0 radical (unpaired) electrons. The van der Waals surface area contributed by atoms with E-state index in [4.69, 9.17) is 10.00 Å². The highest BCUT2D eigenvalue weighted by atomic mass is 16.6. The predicted molar refractivity (Wildman–Crippen MR) is 75.6 cm³/mol. The van der Waals surface area contributed by atoms with Gasteiger partial charge in [-0.2, -0.15) is 5.26 Å². The zero-order valence-corrected chi connectivity index (χ0v) is 11.8. The lowest BCUT2D eigenvalue weighted by molar-refractivity contribution is -0.385. The van der Waals surface area contributed by atoms with Crippen molar-refractivity contribution in [3.63, 3.8) is 0 Å². The molecule has 1 aromatic rings. The van der Waals surface area contributed by atoms with Crippen LogP contribution in [0.4, 0.5) is 5.69 Å². The molecule has 6 nitrogen and oxygen atoms in total. The third kappa shape index (κ3) is 4.52. The monoisotopic (exact) mass is 277 g/mol. The Balaban J connectivity index is 2.62. The summed E-state index contributed by atoms with van der Waals surface area (Å²) in [7, 11) is 0. The molecule has 108 valence electrons. The van der Waals surface area contributed by atoms with Gasteiger partial charge in [-0.15, -0.1) is 0 Å². The lowest BCUT2D eigenvalue weighted by Crippen LogP contribution is -2.29. The molecule has 1 unspecified atom stereocenters. The molecule has 0 aromatic heterocycles. The molecule has 0 aliphatic heterocycles. The van der Waals surface area contributed by atoms with Gasteiger partial charge < -0.3 is 10.1 Å². The number of hydrogen-bond acceptors (Lipinski definition) is 5.